The van der Waals surface area contributed by atoms with E-state index in [0.29, 0.717) is 28.3 Å². The first-order valence-corrected chi connectivity index (χ1v) is 7.28. The molecule has 0 unspecified atom stereocenters. The second-order valence-electron chi connectivity index (χ2n) is 5.18. The summed E-state index contributed by atoms with van der Waals surface area (Å²) in [6.45, 7) is 2.78. The standard InChI is InChI=1S/C18H18N2O4/c1-11(21)16-10-14(19-12(2)22)7-8-17(16)20-18(23)13-5-4-6-15(9-13)24-3/h4-10H,1-3H3,(H,19,22)(H,20,23). The Kier molecular flexibility index (Phi) is 5.31. The van der Waals surface area contributed by atoms with Crippen LogP contribution in [0.3, 0.4) is 0 Å². The van der Waals surface area contributed by atoms with Crippen molar-refractivity contribution in [3.8, 4) is 5.75 Å². The maximum absolute atomic E-state index is 12.4. The monoisotopic (exact) mass is 326 g/mol. The van der Waals surface area contributed by atoms with Gasteiger partial charge >= 0.3 is 0 Å². The van der Waals surface area contributed by atoms with E-state index in [2.05, 4.69) is 10.6 Å². The molecule has 0 heterocycles. The molecule has 0 aliphatic rings. The van der Waals surface area contributed by atoms with Crippen molar-refractivity contribution < 1.29 is 19.1 Å². The van der Waals surface area contributed by atoms with Gasteiger partial charge in [-0.2, -0.15) is 0 Å². The van der Waals surface area contributed by atoms with E-state index in [1.807, 2.05) is 0 Å². The van der Waals surface area contributed by atoms with Crippen LogP contribution in [0.4, 0.5) is 11.4 Å². The molecule has 24 heavy (non-hydrogen) atoms. The molecule has 0 aromatic heterocycles. The molecule has 0 fully saturated rings. The molecular formula is C18H18N2O4. The minimum absolute atomic E-state index is 0.219. The molecule has 6 heteroatoms. The van der Waals surface area contributed by atoms with Gasteiger partial charge in [-0.25, -0.2) is 0 Å². The number of Topliss-reactive ketones (excluding diaryl/α,β-unsaturated/α-hetero) is 1. The number of amides is 2. The van der Waals surface area contributed by atoms with Crippen molar-refractivity contribution in [1.29, 1.82) is 0 Å². The maximum atomic E-state index is 12.4. The van der Waals surface area contributed by atoms with Gasteiger partial charge in [-0.15, -0.1) is 0 Å². The highest BCUT2D eigenvalue weighted by molar-refractivity contribution is 6.09. The molecule has 6 nitrogen and oxygen atoms in total. The van der Waals surface area contributed by atoms with Crippen LogP contribution in [0, 0.1) is 0 Å². The van der Waals surface area contributed by atoms with Gasteiger partial charge in [0.1, 0.15) is 5.75 Å². The molecule has 0 aliphatic carbocycles. The number of ketones is 1. The van der Waals surface area contributed by atoms with E-state index in [1.54, 1.807) is 36.4 Å². The van der Waals surface area contributed by atoms with Crippen molar-refractivity contribution >= 4 is 29.0 Å². The predicted molar refractivity (Wildman–Crippen MR) is 91.7 cm³/mol. The fraction of sp³-hybridized carbons (Fsp3) is 0.167. The van der Waals surface area contributed by atoms with Gasteiger partial charge in [0.25, 0.3) is 5.91 Å². The Hall–Kier alpha value is -3.15. The lowest BCUT2D eigenvalue weighted by Gasteiger charge is -2.12. The summed E-state index contributed by atoms with van der Waals surface area (Å²) in [5.41, 5.74) is 1.60. The third-order valence-electron chi connectivity index (χ3n) is 3.30. The van der Waals surface area contributed by atoms with Crippen molar-refractivity contribution in [2.24, 2.45) is 0 Å². The van der Waals surface area contributed by atoms with Crippen molar-refractivity contribution in [3.05, 3.63) is 53.6 Å². The van der Waals surface area contributed by atoms with E-state index in [0.717, 1.165) is 0 Å². The number of nitrogens with one attached hydrogen (secondary N) is 2. The first kappa shape index (κ1) is 17.2. The van der Waals surface area contributed by atoms with Crippen LogP contribution in [0.1, 0.15) is 34.6 Å². The van der Waals surface area contributed by atoms with E-state index >= 15 is 0 Å². The highest BCUT2D eigenvalue weighted by Gasteiger charge is 2.13. The van der Waals surface area contributed by atoms with Crippen LogP contribution in [0.2, 0.25) is 0 Å². The molecular weight excluding hydrogens is 308 g/mol. The topological polar surface area (TPSA) is 84.5 Å². The number of methoxy groups -OCH3 is 1. The second-order valence-corrected chi connectivity index (χ2v) is 5.18. The molecule has 2 aromatic carbocycles. The van der Waals surface area contributed by atoms with Crippen LogP contribution in [-0.2, 0) is 4.79 Å². The Morgan fingerprint density at radius 1 is 0.958 bits per heavy atom. The molecule has 0 saturated carbocycles. The van der Waals surface area contributed by atoms with Crippen LogP contribution in [0.5, 0.6) is 5.75 Å². The highest BCUT2D eigenvalue weighted by Crippen LogP contribution is 2.23. The number of anilines is 2. The van der Waals surface area contributed by atoms with Crippen molar-refractivity contribution in [1.82, 2.24) is 0 Å². The van der Waals surface area contributed by atoms with E-state index in [9.17, 15) is 14.4 Å². The molecule has 2 aromatic rings. The average molecular weight is 326 g/mol. The lowest BCUT2D eigenvalue weighted by Crippen LogP contribution is -2.15. The summed E-state index contributed by atoms with van der Waals surface area (Å²) in [6.07, 6.45) is 0. The molecule has 0 aliphatic heterocycles. The fourth-order valence-corrected chi connectivity index (χ4v) is 2.18. The largest absolute Gasteiger partial charge is 0.497 e. The van der Waals surface area contributed by atoms with Crippen molar-refractivity contribution in [2.75, 3.05) is 17.7 Å². The fourth-order valence-electron chi connectivity index (χ4n) is 2.18. The zero-order valence-electron chi connectivity index (χ0n) is 13.7. The number of rotatable bonds is 5. The number of carbonyl (C=O) groups excluding carboxylic acids is 3. The van der Waals surface area contributed by atoms with Gasteiger partial charge in [0.2, 0.25) is 5.91 Å². The lowest BCUT2D eigenvalue weighted by atomic mass is 10.1. The number of ether oxygens (including phenoxy) is 1. The van der Waals surface area contributed by atoms with Crippen molar-refractivity contribution in [2.45, 2.75) is 13.8 Å². The van der Waals surface area contributed by atoms with Gasteiger partial charge in [-0.1, -0.05) is 6.07 Å². The van der Waals surface area contributed by atoms with Gasteiger partial charge in [0.15, 0.2) is 5.78 Å². The van der Waals surface area contributed by atoms with Crippen LogP contribution in [0.25, 0.3) is 0 Å². The molecule has 0 spiro atoms. The van der Waals surface area contributed by atoms with Crippen LogP contribution in [-0.4, -0.2) is 24.7 Å². The van der Waals surface area contributed by atoms with Crippen molar-refractivity contribution in [3.63, 3.8) is 0 Å². The summed E-state index contributed by atoms with van der Waals surface area (Å²) >= 11 is 0. The second kappa shape index (κ2) is 7.41. The van der Waals surface area contributed by atoms with Crippen LogP contribution < -0.4 is 15.4 Å². The number of benzene rings is 2. The zero-order chi connectivity index (χ0) is 17.7. The summed E-state index contributed by atoms with van der Waals surface area (Å²) in [5.74, 6) is -0.250. The maximum Gasteiger partial charge on any atom is 0.255 e. The summed E-state index contributed by atoms with van der Waals surface area (Å²) in [7, 11) is 1.52. The Morgan fingerprint density at radius 2 is 1.71 bits per heavy atom. The Bertz CT molecular complexity index is 799. The SMILES string of the molecule is COc1cccc(C(=O)Nc2ccc(NC(C)=O)cc2C(C)=O)c1. The van der Waals surface area contributed by atoms with Gasteiger partial charge in [-0.3, -0.25) is 14.4 Å². The van der Waals surface area contributed by atoms with Crippen LogP contribution >= 0.6 is 0 Å². The third-order valence-corrected chi connectivity index (χ3v) is 3.30. The predicted octanol–water partition coefficient (Wildman–Crippen LogP) is 3.11. The molecule has 124 valence electrons. The molecule has 0 bridgehead atoms. The number of carbonyl (C=O) groups is 3. The zero-order valence-corrected chi connectivity index (χ0v) is 13.7. The Balaban J connectivity index is 2.29. The first-order chi connectivity index (χ1) is 11.4. The number of hydrogen-bond donors (Lipinski definition) is 2. The molecule has 0 saturated heterocycles. The first-order valence-electron chi connectivity index (χ1n) is 7.28. The molecule has 2 amide bonds. The van der Waals surface area contributed by atoms with Gasteiger partial charge in [0.05, 0.1) is 12.8 Å². The highest BCUT2D eigenvalue weighted by atomic mass is 16.5. The summed E-state index contributed by atoms with van der Waals surface area (Å²) in [5, 5.41) is 5.32. The molecule has 2 N–H and O–H groups in total. The number of hydrogen-bond acceptors (Lipinski definition) is 4. The summed E-state index contributed by atoms with van der Waals surface area (Å²) in [4.78, 5) is 35.3. The average Bonchev–Trinajstić information content (AvgIpc) is 2.55. The summed E-state index contributed by atoms with van der Waals surface area (Å²) in [6, 6.07) is 11.4. The Morgan fingerprint density at radius 3 is 2.33 bits per heavy atom. The minimum atomic E-state index is -0.358. The Labute approximate surface area is 139 Å². The lowest BCUT2D eigenvalue weighted by molar-refractivity contribution is -0.114. The van der Waals surface area contributed by atoms with E-state index in [1.165, 1.54) is 27.0 Å². The van der Waals surface area contributed by atoms with Gasteiger partial charge < -0.3 is 15.4 Å². The molecule has 0 radical (unpaired) electrons. The van der Waals surface area contributed by atoms with E-state index in [4.69, 9.17) is 4.74 Å². The molecule has 2 rings (SSSR count). The van der Waals surface area contributed by atoms with Gasteiger partial charge in [-0.05, 0) is 43.3 Å². The summed E-state index contributed by atoms with van der Waals surface area (Å²) < 4.78 is 5.10. The minimum Gasteiger partial charge on any atom is -0.497 e. The third kappa shape index (κ3) is 4.19. The smallest absolute Gasteiger partial charge is 0.255 e. The van der Waals surface area contributed by atoms with E-state index in [-0.39, 0.29) is 17.6 Å². The quantitative estimate of drug-likeness (QED) is 0.827. The van der Waals surface area contributed by atoms with Crippen LogP contribution in [0.15, 0.2) is 42.5 Å². The van der Waals surface area contributed by atoms with Gasteiger partial charge in [0, 0.05) is 23.7 Å². The normalized spacial score (nSPS) is 9.96. The van der Waals surface area contributed by atoms with E-state index < -0.39 is 0 Å². The molecule has 0 atom stereocenters.